The number of aliphatic carboxylic acids is 2. The molecule has 3 atom stereocenters. The molecule has 25 heavy (non-hydrogen) atoms. The van der Waals surface area contributed by atoms with E-state index in [4.69, 9.17) is 0 Å². The van der Waals surface area contributed by atoms with Crippen molar-refractivity contribution in [2.24, 2.45) is 11.3 Å². The fraction of sp³-hybridized carbons (Fsp3) is 0.474. The summed E-state index contributed by atoms with van der Waals surface area (Å²) in [6.45, 7) is 1.38. The molecule has 1 saturated heterocycles. The summed E-state index contributed by atoms with van der Waals surface area (Å²) in [4.78, 5) is 25.5. The number of hydrogen-bond acceptors (Lipinski definition) is 3. The molecule has 6 heteroatoms. The molecule has 2 fully saturated rings. The van der Waals surface area contributed by atoms with Gasteiger partial charge < -0.3 is 15.1 Å². The molecule has 2 aliphatic rings. The molecule has 0 unspecified atom stereocenters. The lowest BCUT2D eigenvalue weighted by Gasteiger charge is -2.46. The number of hydrogen-bond donors (Lipinski definition) is 2. The molecule has 0 aromatic heterocycles. The maximum absolute atomic E-state index is 12.1. The van der Waals surface area contributed by atoms with Crippen LogP contribution in [-0.2, 0) is 9.59 Å². The van der Waals surface area contributed by atoms with Crippen molar-refractivity contribution in [2.75, 3.05) is 20.1 Å². The van der Waals surface area contributed by atoms with Gasteiger partial charge in [-0.05, 0) is 49.4 Å². The summed E-state index contributed by atoms with van der Waals surface area (Å²) in [5.74, 6) is -2.15. The lowest BCUT2D eigenvalue weighted by Crippen LogP contribution is -2.44. The van der Waals surface area contributed by atoms with E-state index in [0.29, 0.717) is 6.54 Å². The van der Waals surface area contributed by atoms with E-state index in [1.165, 1.54) is 0 Å². The standard InChI is InChI=1S/C19H22BrNO4/c1-21-10-13-3-2-4-15(12-5-7-14(20)8-6-12)19(13,11-21)16(18(24)25)9-17(22)23/h5-9,13,15H,2-4,10-11H2,1H3,(H,22,23)(H,24,25)/t13-,15+,19-/m0/s1. The Balaban J connectivity index is 2.17. The van der Waals surface area contributed by atoms with Crippen molar-refractivity contribution >= 4 is 27.9 Å². The molecule has 1 saturated carbocycles. The van der Waals surface area contributed by atoms with Crippen LogP contribution in [0.4, 0.5) is 0 Å². The Hall–Kier alpha value is -1.66. The topological polar surface area (TPSA) is 77.8 Å². The Bertz CT molecular complexity index is 715. The highest BCUT2D eigenvalue weighted by molar-refractivity contribution is 9.10. The molecule has 0 radical (unpaired) electrons. The zero-order valence-corrected chi connectivity index (χ0v) is 15.7. The van der Waals surface area contributed by atoms with E-state index in [1.807, 2.05) is 31.3 Å². The molecular formula is C19H22BrNO4. The van der Waals surface area contributed by atoms with Crippen molar-refractivity contribution in [1.82, 2.24) is 4.90 Å². The summed E-state index contributed by atoms with van der Waals surface area (Å²) in [5.41, 5.74) is 0.466. The van der Waals surface area contributed by atoms with Crippen LogP contribution in [0.3, 0.4) is 0 Å². The third-order valence-corrected chi connectivity index (χ3v) is 6.26. The first-order valence-corrected chi connectivity index (χ1v) is 9.26. The lowest BCUT2D eigenvalue weighted by molar-refractivity contribution is -0.136. The van der Waals surface area contributed by atoms with Crippen molar-refractivity contribution in [1.29, 1.82) is 0 Å². The van der Waals surface area contributed by atoms with Gasteiger partial charge in [-0.2, -0.15) is 0 Å². The first kappa shape index (κ1) is 18.1. The molecule has 1 aliphatic heterocycles. The van der Waals surface area contributed by atoms with Crippen LogP contribution in [-0.4, -0.2) is 47.2 Å². The minimum absolute atomic E-state index is 0.00556. The Labute approximate surface area is 155 Å². The second-order valence-electron chi connectivity index (χ2n) is 7.17. The fourth-order valence-corrected chi connectivity index (χ4v) is 5.18. The Kier molecular flexibility index (Phi) is 5.02. The number of benzene rings is 1. The monoisotopic (exact) mass is 407 g/mol. The van der Waals surface area contributed by atoms with Crippen molar-refractivity contribution in [3.63, 3.8) is 0 Å². The summed E-state index contributed by atoms with van der Waals surface area (Å²) in [7, 11) is 1.99. The molecular weight excluding hydrogens is 386 g/mol. The van der Waals surface area contributed by atoms with Gasteiger partial charge in [-0.15, -0.1) is 0 Å². The molecule has 0 amide bonds. The number of fused-ring (bicyclic) bond motifs is 1. The number of carbonyl (C=O) groups is 2. The van der Waals surface area contributed by atoms with Crippen LogP contribution in [0.5, 0.6) is 0 Å². The minimum atomic E-state index is -1.19. The highest BCUT2D eigenvalue weighted by Crippen LogP contribution is 2.58. The Morgan fingerprint density at radius 3 is 2.52 bits per heavy atom. The van der Waals surface area contributed by atoms with Gasteiger partial charge in [0, 0.05) is 29.1 Å². The van der Waals surface area contributed by atoms with Gasteiger partial charge in [-0.25, -0.2) is 9.59 Å². The van der Waals surface area contributed by atoms with Gasteiger partial charge in [0.1, 0.15) is 0 Å². The summed E-state index contributed by atoms with van der Waals surface area (Å²) in [6.07, 6.45) is 3.75. The number of halogens is 1. The average Bonchev–Trinajstić information content (AvgIpc) is 2.89. The smallest absolute Gasteiger partial charge is 0.332 e. The molecule has 1 aromatic rings. The molecule has 1 aromatic carbocycles. The summed E-state index contributed by atoms with van der Waals surface area (Å²) < 4.78 is 0.973. The predicted molar refractivity (Wildman–Crippen MR) is 97.5 cm³/mol. The Morgan fingerprint density at radius 1 is 1.24 bits per heavy atom. The molecule has 2 N–H and O–H groups in total. The quantitative estimate of drug-likeness (QED) is 0.748. The third-order valence-electron chi connectivity index (χ3n) is 5.73. The molecule has 1 heterocycles. The second kappa shape index (κ2) is 6.92. The minimum Gasteiger partial charge on any atom is -0.478 e. The maximum Gasteiger partial charge on any atom is 0.332 e. The normalized spacial score (nSPS) is 30.1. The lowest BCUT2D eigenvalue weighted by atomic mass is 9.56. The second-order valence-corrected chi connectivity index (χ2v) is 8.09. The van der Waals surface area contributed by atoms with E-state index in [-0.39, 0.29) is 17.4 Å². The van der Waals surface area contributed by atoms with Gasteiger partial charge in [0.15, 0.2) is 0 Å². The molecule has 0 spiro atoms. The summed E-state index contributed by atoms with van der Waals surface area (Å²) >= 11 is 3.44. The maximum atomic E-state index is 12.1. The van der Waals surface area contributed by atoms with Crippen molar-refractivity contribution in [2.45, 2.75) is 25.2 Å². The first-order chi connectivity index (χ1) is 11.8. The van der Waals surface area contributed by atoms with Crippen LogP contribution in [0.1, 0.15) is 30.7 Å². The van der Waals surface area contributed by atoms with Gasteiger partial charge in [0.25, 0.3) is 0 Å². The summed E-state index contributed by atoms with van der Waals surface area (Å²) in [6, 6.07) is 7.98. The van der Waals surface area contributed by atoms with Gasteiger partial charge in [0.2, 0.25) is 0 Å². The van der Waals surface area contributed by atoms with Gasteiger partial charge >= 0.3 is 11.9 Å². The zero-order valence-electron chi connectivity index (χ0n) is 14.1. The Morgan fingerprint density at radius 2 is 1.92 bits per heavy atom. The molecule has 1 aliphatic carbocycles. The zero-order chi connectivity index (χ0) is 18.2. The van der Waals surface area contributed by atoms with Crippen LogP contribution in [0.15, 0.2) is 40.4 Å². The van der Waals surface area contributed by atoms with E-state index >= 15 is 0 Å². The number of nitrogens with zero attached hydrogens (tertiary/aromatic N) is 1. The summed E-state index contributed by atoms with van der Waals surface area (Å²) in [5, 5.41) is 19.1. The van der Waals surface area contributed by atoms with Crippen molar-refractivity contribution in [3.8, 4) is 0 Å². The molecule has 3 rings (SSSR count). The molecule has 0 bridgehead atoms. The van der Waals surface area contributed by atoms with Gasteiger partial charge in [-0.1, -0.05) is 34.5 Å². The van der Waals surface area contributed by atoms with E-state index in [0.717, 1.165) is 41.9 Å². The number of likely N-dealkylation sites (tertiary alicyclic amines) is 1. The predicted octanol–water partition coefficient (Wildman–Crippen LogP) is 3.36. The van der Waals surface area contributed by atoms with Crippen molar-refractivity contribution in [3.05, 3.63) is 46.0 Å². The average molecular weight is 408 g/mol. The van der Waals surface area contributed by atoms with Gasteiger partial charge in [-0.3, -0.25) is 0 Å². The SMILES string of the molecule is CN1C[C@@H]2CCC[C@H](c3ccc(Br)cc3)[C@]2(C(=CC(=O)O)C(=O)O)C1. The largest absolute Gasteiger partial charge is 0.478 e. The van der Waals surface area contributed by atoms with Crippen LogP contribution >= 0.6 is 15.9 Å². The molecule has 5 nitrogen and oxygen atoms in total. The van der Waals surface area contributed by atoms with E-state index in [1.54, 1.807) is 0 Å². The van der Waals surface area contributed by atoms with Crippen LogP contribution < -0.4 is 0 Å². The molecule has 134 valence electrons. The van der Waals surface area contributed by atoms with E-state index in [9.17, 15) is 19.8 Å². The highest BCUT2D eigenvalue weighted by atomic mass is 79.9. The van der Waals surface area contributed by atoms with Crippen molar-refractivity contribution < 1.29 is 19.8 Å². The highest BCUT2D eigenvalue weighted by Gasteiger charge is 2.56. The van der Waals surface area contributed by atoms with Crippen LogP contribution in [0.2, 0.25) is 0 Å². The number of rotatable bonds is 4. The number of carboxylic acids is 2. The van der Waals surface area contributed by atoms with Crippen LogP contribution in [0, 0.1) is 11.3 Å². The van der Waals surface area contributed by atoms with Gasteiger partial charge in [0.05, 0.1) is 5.57 Å². The fourth-order valence-electron chi connectivity index (χ4n) is 4.92. The number of carboxylic acid groups (broad SMARTS) is 2. The van der Waals surface area contributed by atoms with Crippen LogP contribution in [0.25, 0.3) is 0 Å². The third kappa shape index (κ3) is 3.25. The first-order valence-electron chi connectivity index (χ1n) is 8.47. The van der Waals surface area contributed by atoms with E-state index < -0.39 is 17.4 Å². The van der Waals surface area contributed by atoms with E-state index in [2.05, 4.69) is 20.8 Å².